The fraction of sp³-hybridized carbons (Fsp3) is 0.333. The minimum absolute atomic E-state index is 0.0512. The van der Waals surface area contributed by atoms with Gasteiger partial charge in [0.05, 0.1) is 22.8 Å². The molecule has 0 aliphatic carbocycles. The van der Waals surface area contributed by atoms with Crippen LogP contribution in [0, 0.1) is 10.1 Å². The van der Waals surface area contributed by atoms with Crippen LogP contribution in [-0.4, -0.2) is 37.9 Å². The lowest BCUT2D eigenvalue weighted by Crippen LogP contribution is -2.31. The number of benzene rings is 2. The molecule has 0 spiro atoms. The van der Waals surface area contributed by atoms with E-state index in [0.717, 1.165) is 12.1 Å². The molecule has 10 nitrogen and oxygen atoms in total. The van der Waals surface area contributed by atoms with Crippen molar-refractivity contribution in [3.8, 4) is 0 Å². The van der Waals surface area contributed by atoms with Crippen LogP contribution < -0.4 is 10.0 Å². The number of nitrogens with zero attached hydrogens (tertiary/aromatic N) is 1. The van der Waals surface area contributed by atoms with Crippen molar-refractivity contribution in [1.29, 1.82) is 0 Å². The number of nitrogens with one attached hydrogen (secondary N) is 2. The zero-order chi connectivity index (χ0) is 23.9. The first kappa shape index (κ1) is 25.0. The van der Waals surface area contributed by atoms with Crippen LogP contribution in [0.1, 0.15) is 52.6 Å². The van der Waals surface area contributed by atoms with E-state index in [2.05, 4.69) is 10.0 Å². The van der Waals surface area contributed by atoms with Gasteiger partial charge in [0, 0.05) is 30.3 Å². The van der Waals surface area contributed by atoms with Crippen LogP contribution >= 0.6 is 0 Å². The second-order valence-electron chi connectivity index (χ2n) is 7.28. The summed E-state index contributed by atoms with van der Waals surface area (Å²) in [5.74, 6) is -1.53. The number of nitro groups is 1. The van der Waals surface area contributed by atoms with Gasteiger partial charge >= 0.3 is 5.97 Å². The van der Waals surface area contributed by atoms with E-state index in [0.29, 0.717) is 11.1 Å². The van der Waals surface area contributed by atoms with Gasteiger partial charge in [0.2, 0.25) is 10.0 Å². The predicted octanol–water partition coefficient (Wildman–Crippen LogP) is 2.53. The summed E-state index contributed by atoms with van der Waals surface area (Å²) in [5, 5.41) is 13.8. The number of carbonyl (C=O) groups excluding carboxylic acids is 2. The highest BCUT2D eigenvalue weighted by molar-refractivity contribution is 7.88. The van der Waals surface area contributed by atoms with Crippen LogP contribution in [-0.2, 0) is 27.1 Å². The quantitative estimate of drug-likeness (QED) is 0.313. The molecule has 0 aliphatic rings. The lowest BCUT2D eigenvalue weighted by molar-refractivity contribution is -0.384. The number of hydrogen-bond donors (Lipinski definition) is 2. The highest BCUT2D eigenvalue weighted by atomic mass is 32.2. The molecule has 11 heteroatoms. The van der Waals surface area contributed by atoms with Crippen LogP contribution in [0.25, 0.3) is 0 Å². The average Bonchev–Trinajstić information content (AvgIpc) is 2.71. The van der Waals surface area contributed by atoms with E-state index in [1.807, 2.05) is 0 Å². The average molecular weight is 464 g/mol. The smallest absolute Gasteiger partial charge is 0.338 e. The molecule has 0 saturated carbocycles. The summed E-state index contributed by atoms with van der Waals surface area (Å²) in [6, 6.07) is 9.81. The second kappa shape index (κ2) is 10.8. The van der Waals surface area contributed by atoms with Gasteiger partial charge in [0.15, 0.2) is 0 Å². The summed E-state index contributed by atoms with van der Waals surface area (Å²) in [7, 11) is -3.45. The molecular weight excluding hydrogens is 438 g/mol. The fourth-order valence-electron chi connectivity index (χ4n) is 2.84. The molecular formula is C21H25N3O7S. The molecule has 0 atom stereocenters. The Balaban J connectivity index is 2.09. The molecule has 32 heavy (non-hydrogen) atoms. The molecule has 2 rings (SSSR count). The van der Waals surface area contributed by atoms with Gasteiger partial charge in [-0.1, -0.05) is 24.3 Å². The first-order chi connectivity index (χ1) is 15.0. The number of non-ortho nitro benzene ring substituents is 1. The normalized spacial score (nSPS) is 11.2. The Kier molecular flexibility index (Phi) is 8.44. The Morgan fingerprint density at radius 3 is 2.22 bits per heavy atom. The molecule has 0 heterocycles. The van der Waals surface area contributed by atoms with Crippen molar-refractivity contribution < 1.29 is 27.7 Å². The second-order valence-corrected chi connectivity index (χ2v) is 9.03. The van der Waals surface area contributed by atoms with Gasteiger partial charge in [-0.3, -0.25) is 14.9 Å². The van der Waals surface area contributed by atoms with Crippen molar-refractivity contribution in [3.05, 3.63) is 74.8 Å². The number of nitro benzene ring substituents is 1. The number of rotatable bonds is 10. The molecule has 1 amide bonds. The van der Waals surface area contributed by atoms with Gasteiger partial charge in [-0.25, -0.2) is 17.9 Å². The largest absolute Gasteiger partial charge is 0.462 e. The molecule has 0 aliphatic heterocycles. The summed E-state index contributed by atoms with van der Waals surface area (Å²) in [4.78, 5) is 34.9. The predicted molar refractivity (Wildman–Crippen MR) is 118 cm³/mol. The van der Waals surface area contributed by atoms with Crippen molar-refractivity contribution in [2.24, 2.45) is 0 Å². The van der Waals surface area contributed by atoms with E-state index in [9.17, 15) is 28.1 Å². The van der Waals surface area contributed by atoms with Crippen molar-refractivity contribution in [1.82, 2.24) is 10.0 Å². The molecule has 172 valence electrons. The Bertz CT molecular complexity index is 1100. The van der Waals surface area contributed by atoms with Crippen molar-refractivity contribution in [2.45, 2.75) is 39.1 Å². The van der Waals surface area contributed by atoms with Gasteiger partial charge in [0.25, 0.3) is 11.6 Å². The third-order valence-electron chi connectivity index (χ3n) is 4.15. The number of ether oxygens (including phenoxy) is 1. The molecule has 2 N–H and O–H groups in total. The maximum Gasteiger partial charge on any atom is 0.338 e. The Morgan fingerprint density at radius 1 is 1.06 bits per heavy atom. The third kappa shape index (κ3) is 7.43. The molecule has 0 saturated heterocycles. The van der Waals surface area contributed by atoms with E-state index in [1.165, 1.54) is 6.07 Å². The van der Waals surface area contributed by atoms with E-state index in [-0.39, 0.29) is 36.1 Å². The summed E-state index contributed by atoms with van der Waals surface area (Å²) in [5.41, 5.74) is 0.746. The van der Waals surface area contributed by atoms with Gasteiger partial charge in [-0.15, -0.1) is 0 Å². The topological polar surface area (TPSA) is 145 Å². The van der Waals surface area contributed by atoms with Crippen LogP contribution in [0.5, 0.6) is 0 Å². The molecule has 2 aromatic rings. The van der Waals surface area contributed by atoms with Crippen LogP contribution in [0.15, 0.2) is 42.5 Å². The molecule has 0 radical (unpaired) electrons. The lowest BCUT2D eigenvalue weighted by atomic mass is 10.1. The van der Waals surface area contributed by atoms with E-state index in [4.69, 9.17) is 4.74 Å². The summed E-state index contributed by atoms with van der Waals surface area (Å²) < 4.78 is 31.4. The van der Waals surface area contributed by atoms with Crippen molar-refractivity contribution in [2.75, 3.05) is 6.61 Å². The van der Waals surface area contributed by atoms with Gasteiger partial charge in [0.1, 0.15) is 0 Å². The molecule has 0 unspecified atom stereocenters. The fourth-order valence-corrected chi connectivity index (χ4v) is 4.27. The number of hydrogen-bond acceptors (Lipinski definition) is 7. The number of carbonyl (C=O) groups is 2. The minimum Gasteiger partial charge on any atom is -0.462 e. The van der Waals surface area contributed by atoms with E-state index < -0.39 is 32.5 Å². The van der Waals surface area contributed by atoms with Gasteiger partial charge < -0.3 is 10.1 Å². The Hall–Kier alpha value is -3.31. The highest BCUT2D eigenvalue weighted by Crippen LogP contribution is 2.18. The van der Waals surface area contributed by atoms with Gasteiger partial charge in [-0.2, -0.15) is 0 Å². The summed E-state index contributed by atoms with van der Waals surface area (Å²) in [6.07, 6.45) is 0. The molecule has 0 bridgehead atoms. The lowest BCUT2D eigenvalue weighted by Gasteiger charge is -2.10. The van der Waals surface area contributed by atoms with Crippen molar-refractivity contribution in [3.63, 3.8) is 0 Å². The zero-order valence-electron chi connectivity index (χ0n) is 18.0. The first-order valence-corrected chi connectivity index (χ1v) is 11.5. The highest BCUT2D eigenvalue weighted by Gasteiger charge is 2.19. The van der Waals surface area contributed by atoms with Crippen molar-refractivity contribution >= 4 is 27.6 Å². The summed E-state index contributed by atoms with van der Waals surface area (Å²) >= 11 is 0. The first-order valence-electron chi connectivity index (χ1n) is 9.83. The minimum atomic E-state index is -3.45. The standard InChI is InChI=1S/C21H25N3O7S/c1-4-31-21(26)18-9-17(10-19(11-18)24(27)28)20(25)22-12-15-5-7-16(8-6-15)13-32(29,30)23-14(2)3/h5-11,14,23H,4,12-13H2,1-3H3,(H,22,25). The Labute approximate surface area is 186 Å². The van der Waals surface area contributed by atoms with E-state index >= 15 is 0 Å². The monoisotopic (exact) mass is 463 g/mol. The molecule has 0 aromatic heterocycles. The van der Waals surface area contributed by atoms with Crippen LogP contribution in [0.3, 0.4) is 0 Å². The number of esters is 1. The Morgan fingerprint density at radius 2 is 1.66 bits per heavy atom. The van der Waals surface area contributed by atoms with Gasteiger partial charge in [-0.05, 0) is 38.0 Å². The number of sulfonamides is 1. The van der Waals surface area contributed by atoms with Crippen LogP contribution in [0.2, 0.25) is 0 Å². The third-order valence-corrected chi connectivity index (χ3v) is 5.69. The maximum absolute atomic E-state index is 12.5. The molecule has 0 fully saturated rings. The maximum atomic E-state index is 12.5. The summed E-state index contributed by atoms with van der Waals surface area (Å²) in [6.45, 7) is 5.27. The van der Waals surface area contributed by atoms with Crippen LogP contribution in [0.4, 0.5) is 5.69 Å². The SMILES string of the molecule is CCOC(=O)c1cc(C(=O)NCc2ccc(CS(=O)(=O)NC(C)C)cc2)cc([N+](=O)[O-])c1. The number of amides is 1. The van der Waals surface area contributed by atoms with E-state index in [1.54, 1.807) is 45.0 Å². The molecule has 2 aromatic carbocycles. The zero-order valence-corrected chi connectivity index (χ0v) is 18.8.